The van der Waals surface area contributed by atoms with Crippen molar-refractivity contribution in [3.05, 3.63) is 17.0 Å². The van der Waals surface area contributed by atoms with Crippen molar-refractivity contribution in [1.82, 2.24) is 14.9 Å². The smallest absolute Gasteiger partial charge is 0.407 e. The molecule has 1 saturated heterocycles. The fourth-order valence-corrected chi connectivity index (χ4v) is 5.37. The molecule has 3 heterocycles. The van der Waals surface area contributed by atoms with Crippen LogP contribution in [-0.4, -0.2) is 58.4 Å². The third kappa shape index (κ3) is 2.69. The van der Waals surface area contributed by atoms with Crippen LogP contribution < -0.4 is 10.6 Å². The summed E-state index contributed by atoms with van der Waals surface area (Å²) in [4.78, 5) is 24.1. The number of ether oxygens (including phenoxy) is 1. The maximum absolute atomic E-state index is 11.3. The standard InChI is InChI=1S/C20H27N5O3/c1-24(20(26)27)11-8-9-25(10-11)18-13-6-7-15-16(17(13)22-19(21)23-18)12-4-2-3-5-14(12)28-15/h11-12,14H,2-10H2,1H3,(H,26,27)(H2,21,22,23)/t11-,12?,14?/m1/s1. The van der Waals surface area contributed by atoms with Gasteiger partial charge in [-0.05, 0) is 32.1 Å². The summed E-state index contributed by atoms with van der Waals surface area (Å²) in [6, 6.07) is -0.0276. The van der Waals surface area contributed by atoms with Gasteiger partial charge in [0.1, 0.15) is 17.7 Å². The number of fused-ring (bicyclic) bond motifs is 4. The molecule has 4 aliphatic rings. The van der Waals surface area contributed by atoms with E-state index in [0.717, 1.165) is 61.5 Å². The largest absolute Gasteiger partial charge is 0.494 e. The Morgan fingerprint density at radius 2 is 2.07 bits per heavy atom. The molecule has 8 nitrogen and oxygen atoms in total. The predicted octanol–water partition coefficient (Wildman–Crippen LogP) is 2.49. The number of anilines is 2. The van der Waals surface area contributed by atoms with Crippen molar-refractivity contribution in [3.8, 4) is 0 Å². The molecule has 150 valence electrons. The van der Waals surface area contributed by atoms with Crippen LogP contribution in [0.5, 0.6) is 0 Å². The van der Waals surface area contributed by atoms with E-state index in [0.29, 0.717) is 18.6 Å². The van der Waals surface area contributed by atoms with Crippen LogP contribution in [0, 0.1) is 5.92 Å². The number of hydrogen-bond acceptors (Lipinski definition) is 6. The zero-order chi connectivity index (χ0) is 19.4. The molecule has 0 bridgehead atoms. The molecule has 1 saturated carbocycles. The average molecular weight is 385 g/mol. The van der Waals surface area contributed by atoms with Gasteiger partial charge in [-0.3, -0.25) is 0 Å². The third-order valence-electron chi connectivity index (χ3n) is 6.84. The second-order valence-electron chi connectivity index (χ2n) is 8.40. The minimum Gasteiger partial charge on any atom is -0.494 e. The molecule has 8 heteroatoms. The van der Waals surface area contributed by atoms with Gasteiger partial charge in [0.15, 0.2) is 0 Å². The van der Waals surface area contributed by atoms with Gasteiger partial charge in [-0.15, -0.1) is 0 Å². The van der Waals surface area contributed by atoms with Gasteiger partial charge in [0.25, 0.3) is 0 Å². The molecule has 3 N–H and O–H groups in total. The maximum atomic E-state index is 11.3. The summed E-state index contributed by atoms with van der Waals surface area (Å²) in [6.07, 6.45) is 6.68. The van der Waals surface area contributed by atoms with Crippen LogP contribution in [0.3, 0.4) is 0 Å². The van der Waals surface area contributed by atoms with Crippen molar-refractivity contribution in [3.63, 3.8) is 0 Å². The summed E-state index contributed by atoms with van der Waals surface area (Å²) >= 11 is 0. The first-order chi connectivity index (χ1) is 13.5. The number of rotatable bonds is 2. The summed E-state index contributed by atoms with van der Waals surface area (Å²) in [5.41, 5.74) is 9.52. The highest BCUT2D eigenvalue weighted by atomic mass is 16.5. The van der Waals surface area contributed by atoms with Crippen molar-refractivity contribution in [1.29, 1.82) is 0 Å². The van der Waals surface area contributed by atoms with E-state index in [1.54, 1.807) is 7.05 Å². The fourth-order valence-electron chi connectivity index (χ4n) is 5.37. The molecule has 28 heavy (non-hydrogen) atoms. The first kappa shape index (κ1) is 17.6. The number of amides is 1. The molecule has 3 atom stereocenters. The Balaban J connectivity index is 1.49. The monoisotopic (exact) mass is 385 g/mol. The normalized spacial score (nSPS) is 28.5. The van der Waals surface area contributed by atoms with Gasteiger partial charge in [0.2, 0.25) is 5.95 Å². The molecule has 0 aromatic carbocycles. The van der Waals surface area contributed by atoms with Crippen molar-refractivity contribution in [2.75, 3.05) is 30.8 Å². The molecule has 1 aromatic rings. The Morgan fingerprint density at radius 3 is 2.89 bits per heavy atom. The number of carboxylic acid groups (broad SMARTS) is 1. The lowest BCUT2D eigenvalue weighted by Crippen LogP contribution is -2.38. The van der Waals surface area contributed by atoms with E-state index in [-0.39, 0.29) is 12.0 Å². The van der Waals surface area contributed by atoms with Crippen molar-refractivity contribution in [2.24, 2.45) is 5.92 Å². The number of nitrogens with zero attached hydrogens (tertiary/aromatic N) is 4. The molecule has 0 radical (unpaired) electrons. The number of aromatic nitrogens is 2. The van der Waals surface area contributed by atoms with Crippen LogP contribution in [-0.2, 0) is 11.2 Å². The van der Waals surface area contributed by atoms with Crippen LogP contribution in [0.1, 0.15) is 49.8 Å². The second kappa shape index (κ2) is 6.53. The van der Waals surface area contributed by atoms with E-state index in [9.17, 15) is 9.90 Å². The second-order valence-corrected chi connectivity index (χ2v) is 8.40. The molecule has 5 rings (SSSR count). The lowest BCUT2D eigenvalue weighted by molar-refractivity contribution is 0.0793. The summed E-state index contributed by atoms with van der Waals surface area (Å²) in [5, 5.41) is 9.29. The number of nitrogen functional groups attached to an aromatic ring is 1. The summed E-state index contributed by atoms with van der Waals surface area (Å²) in [7, 11) is 1.64. The van der Waals surface area contributed by atoms with Crippen molar-refractivity contribution in [2.45, 2.75) is 57.1 Å². The molecular formula is C20H27N5O3. The van der Waals surface area contributed by atoms with E-state index < -0.39 is 6.09 Å². The van der Waals surface area contributed by atoms with E-state index in [2.05, 4.69) is 14.9 Å². The highest BCUT2D eigenvalue weighted by Gasteiger charge is 2.43. The third-order valence-corrected chi connectivity index (χ3v) is 6.84. The zero-order valence-electron chi connectivity index (χ0n) is 16.2. The van der Waals surface area contributed by atoms with Crippen LogP contribution in [0.4, 0.5) is 16.6 Å². The van der Waals surface area contributed by atoms with Crippen molar-refractivity contribution >= 4 is 23.4 Å². The average Bonchev–Trinajstić information content (AvgIpc) is 3.31. The highest BCUT2D eigenvalue weighted by molar-refractivity contribution is 5.77. The minimum atomic E-state index is -0.891. The van der Waals surface area contributed by atoms with Gasteiger partial charge in [-0.1, -0.05) is 6.42 Å². The van der Waals surface area contributed by atoms with Gasteiger partial charge in [-0.25, -0.2) is 9.78 Å². The lowest BCUT2D eigenvalue weighted by atomic mass is 9.78. The van der Waals surface area contributed by atoms with Crippen LogP contribution >= 0.6 is 0 Å². The van der Waals surface area contributed by atoms with E-state index in [1.165, 1.54) is 23.3 Å². The molecule has 0 spiro atoms. The first-order valence-electron chi connectivity index (χ1n) is 10.3. The maximum Gasteiger partial charge on any atom is 0.407 e. The Morgan fingerprint density at radius 1 is 1.25 bits per heavy atom. The Kier molecular flexibility index (Phi) is 4.10. The number of likely N-dealkylation sites (N-methyl/N-ethyl adjacent to an activating group) is 1. The molecule has 2 unspecified atom stereocenters. The first-order valence-corrected chi connectivity index (χ1v) is 10.3. The van der Waals surface area contributed by atoms with Gasteiger partial charge >= 0.3 is 6.09 Å². The Hall–Kier alpha value is -2.51. The van der Waals surface area contributed by atoms with Crippen LogP contribution in [0.2, 0.25) is 0 Å². The number of nitrogens with two attached hydrogens (primary N) is 1. The van der Waals surface area contributed by atoms with Crippen molar-refractivity contribution < 1.29 is 14.6 Å². The SMILES string of the molecule is CN(C(=O)O)[C@@H]1CCN(c2nc(N)nc3c2CCC2=C3C3CCCCC3O2)C1. The van der Waals surface area contributed by atoms with Crippen LogP contribution in [0.15, 0.2) is 5.76 Å². The lowest BCUT2D eigenvalue weighted by Gasteiger charge is -2.28. The summed E-state index contributed by atoms with van der Waals surface area (Å²) < 4.78 is 6.30. The molecule has 2 fully saturated rings. The Bertz CT molecular complexity index is 854. The van der Waals surface area contributed by atoms with Gasteiger partial charge in [0, 0.05) is 43.6 Å². The molecule has 2 aliphatic carbocycles. The van der Waals surface area contributed by atoms with Gasteiger partial charge < -0.3 is 25.4 Å². The van der Waals surface area contributed by atoms with E-state index in [1.807, 2.05) is 0 Å². The summed E-state index contributed by atoms with van der Waals surface area (Å²) in [5.74, 6) is 2.71. The number of allylic oxidation sites excluding steroid dienone is 1. The molecule has 1 aromatic heterocycles. The highest BCUT2D eigenvalue weighted by Crippen LogP contribution is 2.50. The van der Waals surface area contributed by atoms with Crippen LogP contribution in [0.25, 0.3) is 5.57 Å². The topological polar surface area (TPSA) is 105 Å². The minimum absolute atomic E-state index is 0.0276. The molecule has 2 aliphatic heterocycles. The van der Waals surface area contributed by atoms with Gasteiger partial charge in [-0.2, -0.15) is 4.98 Å². The van der Waals surface area contributed by atoms with Gasteiger partial charge in [0.05, 0.1) is 11.7 Å². The number of hydrogen-bond donors (Lipinski definition) is 2. The van der Waals surface area contributed by atoms with E-state index >= 15 is 0 Å². The Labute approximate surface area is 164 Å². The predicted molar refractivity (Wildman–Crippen MR) is 105 cm³/mol. The number of carbonyl (C=O) groups is 1. The quantitative estimate of drug-likeness (QED) is 0.806. The summed E-state index contributed by atoms with van der Waals surface area (Å²) in [6.45, 7) is 1.42. The van der Waals surface area contributed by atoms with E-state index in [4.69, 9.17) is 10.5 Å². The zero-order valence-corrected chi connectivity index (χ0v) is 16.2. The fraction of sp³-hybridized carbons (Fsp3) is 0.650. The molecular weight excluding hydrogens is 358 g/mol. The molecule has 1 amide bonds.